The average molecular weight is 264 g/mol. The van der Waals surface area contributed by atoms with Gasteiger partial charge in [-0.1, -0.05) is 60.2 Å². The Labute approximate surface area is 118 Å². The van der Waals surface area contributed by atoms with Gasteiger partial charge in [0.1, 0.15) is 0 Å². The summed E-state index contributed by atoms with van der Waals surface area (Å²) in [5.74, 6) is 1.02. The highest BCUT2D eigenvalue weighted by atomic mass is 32.2. The minimum Gasteiger partial charge on any atom is -0.121 e. The Morgan fingerprint density at radius 1 is 0.789 bits per heavy atom. The van der Waals surface area contributed by atoms with Crippen LogP contribution in [0.3, 0.4) is 0 Å². The van der Waals surface area contributed by atoms with E-state index in [1.54, 1.807) is 0 Å². The van der Waals surface area contributed by atoms with Gasteiger partial charge >= 0.3 is 0 Å². The van der Waals surface area contributed by atoms with E-state index in [4.69, 9.17) is 0 Å². The smallest absolute Gasteiger partial charge is 0.0238 e. The molecule has 0 radical (unpaired) electrons. The molecule has 0 amide bonds. The van der Waals surface area contributed by atoms with Gasteiger partial charge < -0.3 is 0 Å². The molecule has 0 aromatic heterocycles. The van der Waals surface area contributed by atoms with Gasteiger partial charge in [0.15, 0.2) is 0 Å². The lowest BCUT2D eigenvalue weighted by Gasteiger charge is -2.06. The van der Waals surface area contributed by atoms with Crippen LogP contribution in [-0.4, -0.2) is 0 Å². The molecular weight excluding hydrogens is 248 g/mol. The Balaban J connectivity index is 1.84. The topological polar surface area (TPSA) is 0 Å². The summed E-state index contributed by atoms with van der Waals surface area (Å²) in [4.78, 5) is 1.33. The second kappa shape index (κ2) is 5.50. The van der Waals surface area contributed by atoms with Crippen molar-refractivity contribution in [1.82, 2.24) is 0 Å². The van der Waals surface area contributed by atoms with E-state index in [9.17, 15) is 0 Å². The van der Waals surface area contributed by atoms with E-state index < -0.39 is 0 Å². The van der Waals surface area contributed by atoms with E-state index in [2.05, 4.69) is 73.7 Å². The van der Waals surface area contributed by atoms with E-state index in [1.165, 1.54) is 26.8 Å². The van der Waals surface area contributed by atoms with Gasteiger partial charge in [-0.05, 0) is 35.4 Å². The van der Waals surface area contributed by atoms with Gasteiger partial charge in [-0.2, -0.15) is 0 Å². The molecule has 0 aliphatic rings. The van der Waals surface area contributed by atoms with Crippen molar-refractivity contribution < 1.29 is 0 Å². The zero-order valence-electron chi connectivity index (χ0n) is 11.0. The van der Waals surface area contributed by atoms with Crippen LogP contribution >= 0.6 is 11.8 Å². The fourth-order valence-corrected chi connectivity index (χ4v) is 3.12. The molecule has 3 rings (SSSR count). The molecular formula is C18H16S. The van der Waals surface area contributed by atoms with Crippen LogP contribution < -0.4 is 0 Å². The number of fused-ring (bicyclic) bond motifs is 1. The standard InChI is InChI=1S/C18H16S/c1-14-9-11-17(12-10-14)19-13-16-7-4-6-15-5-2-3-8-18(15)16/h2-12H,13H2,1H3. The first-order chi connectivity index (χ1) is 9.33. The van der Waals surface area contributed by atoms with E-state index in [0.717, 1.165) is 5.75 Å². The van der Waals surface area contributed by atoms with Crippen molar-refractivity contribution in [1.29, 1.82) is 0 Å². The number of hydrogen-bond donors (Lipinski definition) is 0. The first-order valence-electron chi connectivity index (χ1n) is 6.49. The fraction of sp³-hybridized carbons (Fsp3) is 0.111. The number of rotatable bonds is 3. The molecule has 0 aliphatic carbocycles. The molecule has 0 unspecified atom stereocenters. The first-order valence-corrected chi connectivity index (χ1v) is 7.47. The molecule has 0 fully saturated rings. The lowest BCUT2D eigenvalue weighted by molar-refractivity contribution is 1.36. The summed E-state index contributed by atoms with van der Waals surface area (Å²) in [6, 6.07) is 23.9. The molecule has 1 heteroatoms. The van der Waals surface area contributed by atoms with Crippen LogP contribution in [0.1, 0.15) is 11.1 Å². The molecule has 0 saturated heterocycles. The maximum absolute atomic E-state index is 2.23. The molecule has 94 valence electrons. The summed E-state index contributed by atoms with van der Waals surface area (Å²) in [6.07, 6.45) is 0. The van der Waals surface area contributed by atoms with Gasteiger partial charge in [-0.25, -0.2) is 0 Å². The van der Waals surface area contributed by atoms with Crippen molar-refractivity contribution in [3.8, 4) is 0 Å². The van der Waals surface area contributed by atoms with Crippen LogP contribution in [0, 0.1) is 6.92 Å². The summed E-state index contributed by atoms with van der Waals surface area (Å²) < 4.78 is 0. The van der Waals surface area contributed by atoms with Crippen LogP contribution in [0.2, 0.25) is 0 Å². The maximum Gasteiger partial charge on any atom is 0.0238 e. The van der Waals surface area contributed by atoms with Crippen LogP contribution in [0.5, 0.6) is 0 Å². The average Bonchev–Trinajstić information content (AvgIpc) is 2.47. The Morgan fingerprint density at radius 2 is 1.53 bits per heavy atom. The number of thioether (sulfide) groups is 1. The van der Waals surface area contributed by atoms with Gasteiger partial charge in [-0.15, -0.1) is 11.8 Å². The van der Waals surface area contributed by atoms with Crippen molar-refractivity contribution >= 4 is 22.5 Å². The van der Waals surface area contributed by atoms with Crippen LogP contribution in [-0.2, 0) is 5.75 Å². The third-order valence-corrected chi connectivity index (χ3v) is 4.36. The monoisotopic (exact) mass is 264 g/mol. The highest BCUT2D eigenvalue weighted by Gasteiger charge is 2.01. The Hall–Kier alpha value is -1.73. The summed E-state index contributed by atoms with van der Waals surface area (Å²) >= 11 is 1.90. The SMILES string of the molecule is Cc1ccc(SCc2cccc3ccccc23)cc1. The van der Waals surface area contributed by atoms with Crippen LogP contribution in [0.4, 0.5) is 0 Å². The van der Waals surface area contributed by atoms with Crippen molar-refractivity contribution in [2.75, 3.05) is 0 Å². The Kier molecular flexibility index (Phi) is 3.56. The highest BCUT2D eigenvalue weighted by Crippen LogP contribution is 2.27. The highest BCUT2D eigenvalue weighted by molar-refractivity contribution is 7.98. The van der Waals surface area contributed by atoms with Crippen molar-refractivity contribution in [3.63, 3.8) is 0 Å². The molecule has 19 heavy (non-hydrogen) atoms. The largest absolute Gasteiger partial charge is 0.121 e. The Bertz CT molecular complexity index is 678. The number of hydrogen-bond acceptors (Lipinski definition) is 1. The zero-order valence-corrected chi connectivity index (χ0v) is 11.8. The van der Waals surface area contributed by atoms with Crippen molar-refractivity contribution in [2.24, 2.45) is 0 Å². The van der Waals surface area contributed by atoms with Gasteiger partial charge in [-0.3, -0.25) is 0 Å². The van der Waals surface area contributed by atoms with Gasteiger partial charge in [0, 0.05) is 10.6 Å². The maximum atomic E-state index is 2.23. The minimum atomic E-state index is 1.02. The predicted octanol–water partition coefficient (Wildman–Crippen LogP) is 5.44. The van der Waals surface area contributed by atoms with E-state index in [1.807, 2.05) is 11.8 Å². The van der Waals surface area contributed by atoms with E-state index in [0.29, 0.717) is 0 Å². The molecule has 0 heterocycles. The molecule has 0 saturated carbocycles. The fourth-order valence-electron chi connectivity index (χ4n) is 2.21. The third-order valence-electron chi connectivity index (χ3n) is 3.30. The summed E-state index contributed by atoms with van der Waals surface area (Å²) in [7, 11) is 0. The number of aryl methyl sites for hydroxylation is 1. The van der Waals surface area contributed by atoms with Crippen molar-refractivity contribution in [2.45, 2.75) is 17.6 Å². The molecule has 0 spiro atoms. The lowest BCUT2D eigenvalue weighted by atomic mass is 10.1. The van der Waals surface area contributed by atoms with Crippen LogP contribution in [0.15, 0.2) is 71.6 Å². The molecule has 3 aromatic rings. The molecule has 0 bridgehead atoms. The summed E-state index contributed by atoms with van der Waals surface area (Å²) in [5, 5.41) is 2.69. The Morgan fingerprint density at radius 3 is 2.37 bits per heavy atom. The molecule has 0 N–H and O–H groups in total. The minimum absolute atomic E-state index is 1.02. The second-order valence-electron chi connectivity index (χ2n) is 4.74. The molecule has 3 aromatic carbocycles. The third kappa shape index (κ3) is 2.82. The van der Waals surface area contributed by atoms with Gasteiger partial charge in [0.05, 0.1) is 0 Å². The van der Waals surface area contributed by atoms with Gasteiger partial charge in [0.25, 0.3) is 0 Å². The predicted molar refractivity (Wildman–Crippen MR) is 84.7 cm³/mol. The quantitative estimate of drug-likeness (QED) is 0.567. The first kappa shape index (κ1) is 12.3. The number of benzene rings is 3. The van der Waals surface area contributed by atoms with E-state index >= 15 is 0 Å². The normalized spacial score (nSPS) is 10.8. The van der Waals surface area contributed by atoms with Crippen molar-refractivity contribution in [3.05, 3.63) is 77.9 Å². The molecule has 0 aliphatic heterocycles. The lowest BCUT2D eigenvalue weighted by Crippen LogP contribution is -1.84. The molecule has 0 nitrogen and oxygen atoms in total. The second-order valence-corrected chi connectivity index (χ2v) is 5.79. The van der Waals surface area contributed by atoms with Crippen LogP contribution in [0.25, 0.3) is 10.8 Å². The summed E-state index contributed by atoms with van der Waals surface area (Å²) in [6.45, 7) is 2.12. The summed E-state index contributed by atoms with van der Waals surface area (Å²) in [5.41, 5.74) is 2.72. The van der Waals surface area contributed by atoms with E-state index in [-0.39, 0.29) is 0 Å². The van der Waals surface area contributed by atoms with Gasteiger partial charge in [0.2, 0.25) is 0 Å². The zero-order chi connectivity index (χ0) is 13.1. The molecule has 0 atom stereocenters.